The third-order valence-electron chi connectivity index (χ3n) is 4.97. The van der Waals surface area contributed by atoms with Crippen molar-refractivity contribution in [1.29, 1.82) is 0 Å². The van der Waals surface area contributed by atoms with Crippen molar-refractivity contribution in [2.75, 3.05) is 11.2 Å². The number of anilines is 1. The monoisotopic (exact) mass is 433 g/mol. The molecular weight excluding hydrogens is 413 g/mol. The number of nitrogens with one attached hydrogen (secondary N) is 2. The number of carbonyl (C=O) groups is 1. The minimum Gasteiger partial charge on any atom is -0.273 e. The third-order valence-corrected chi connectivity index (χ3v) is 7.63. The summed E-state index contributed by atoms with van der Waals surface area (Å²) < 4.78 is 38.5. The van der Waals surface area contributed by atoms with Gasteiger partial charge in [0, 0.05) is 6.42 Å². The topological polar surface area (TPSA) is 88.2 Å². The van der Waals surface area contributed by atoms with Gasteiger partial charge in [-0.05, 0) is 67.1 Å². The molecule has 1 aliphatic rings. The maximum atomic E-state index is 12.9. The largest absolute Gasteiger partial charge is 0.273 e. The molecular formula is C20H20FN3O3S2. The van der Waals surface area contributed by atoms with Crippen molar-refractivity contribution in [3.63, 3.8) is 0 Å². The van der Waals surface area contributed by atoms with Crippen LogP contribution in [0.2, 0.25) is 0 Å². The molecule has 6 nitrogen and oxygen atoms in total. The second-order valence-electron chi connectivity index (χ2n) is 6.97. The van der Waals surface area contributed by atoms with Crippen LogP contribution in [-0.2, 0) is 27.5 Å². The lowest BCUT2D eigenvalue weighted by Gasteiger charge is -2.15. The SMILES string of the molecule is O=C(CCS(=O)(=O)c1ccc(F)cc1)NNc1nc2c3c(ccc2s1)CCCC3. The Morgan fingerprint density at radius 3 is 2.66 bits per heavy atom. The highest BCUT2D eigenvalue weighted by Crippen LogP contribution is 2.33. The van der Waals surface area contributed by atoms with Crippen molar-refractivity contribution in [3.8, 4) is 0 Å². The highest BCUT2D eigenvalue weighted by Gasteiger charge is 2.18. The van der Waals surface area contributed by atoms with Gasteiger partial charge < -0.3 is 0 Å². The Kier molecular flexibility index (Phi) is 5.51. The zero-order chi connectivity index (χ0) is 20.4. The molecule has 1 heterocycles. The summed E-state index contributed by atoms with van der Waals surface area (Å²) in [5.74, 6) is -1.33. The molecule has 0 saturated heterocycles. The number of nitrogens with zero attached hydrogens (tertiary/aromatic N) is 1. The van der Waals surface area contributed by atoms with Crippen LogP contribution < -0.4 is 10.9 Å². The molecule has 29 heavy (non-hydrogen) atoms. The summed E-state index contributed by atoms with van der Waals surface area (Å²) in [4.78, 5) is 16.7. The third kappa shape index (κ3) is 4.40. The van der Waals surface area contributed by atoms with Crippen molar-refractivity contribution in [2.45, 2.75) is 37.0 Å². The van der Waals surface area contributed by atoms with Gasteiger partial charge in [0.1, 0.15) is 5.82 Å². The number of aryl methyl sites for hydroxylation is 2. The van der Waals surface area contributed by atoms with Crippen molar-refractivity contribution in [3.05, 3.63) is 53.3 Å². The van der Waals surface area contributed by atoms with Crippen LogP contribution in [0.5, 0.6) is 0 Å². The predicted molar refractivity (Wildman–Crippen MR) is 111 cm³/mol. The lowest BCUT2D eigenvalue weighted by molar-refractivity contribution is -0.120. The fraction of sp³-hybridized carbons (Fsp3) is 0.300. The molecule has 0 bridgehead atoms. The molecule has 1 aromatic heterocycles. The zero-order valence-electron chi connectivity index (χ0n) is 15.6. The van der Waals surface area contributed by atoms with Crippen molar-refractivity contribution < 1.29 is 17.6 Å². The molecule has 4 rings (SSSR count). The fourth-order valence-corrected chi connectivity index (χ4v) is 5.54. The van der Waals surface area contributed by atoms with Crippen LogP contribution >= 0.6 is 11.3 Å². The highest BCUT2D eigenvalue weighted by atomic mass is 32.2. The van der Waals surface area contributed by atoms with Gasteiger partial charge in [-0.2, -0.15) is 0 Å². The zero-order valence-corrected chi connectivity index (χ0v) is 17.2. The average molecular weight is 434 g/mol. The molecule has 0 atom stereocenters. The van der Waals surface area contributed by atoms with Gasteiger partial charge >= 0.3 is 0 Å². The van der Waals surface area contributed by atoms with E-state index in [2.05, 4.69) is 28.0 Å². The van der Waals surface area contributed by atoms with Gasteiger partial charge in [-0.25, -0.2) is 17.8 Å². The number of aromatic nitrogens is 1. The fourth-order valence-electron chi connectivity index (χ4n) is 3.45. The van der Waals surface area contributed by atoms with E-state index < -0.39 is 21.6 Å². The van der Waals surface area contributed by atoms with Gasteiger partial charge in [0.25, 0.3) is 0 Å². The van der Waals surface area contributed by atoms with Crippen molar-refractivity contribution >= 4 is 42.4 Å². The van der Waals surface area contributed by atoms with Gasteiger partial charge in [0.2, 0.25) is 11.0 Å². The summed E-state index contributed by atoms with van der Waals surface area (Å²) in [5, 5.41) is 0.564. The average Bonchev–Trinajstić information content (AvgIpc) is 3.15. The van der Waals surface area contributed by atoms with Crippen LogP contribution in [0.15, 0.2) is 41.3 Å². The summed E-state index contributed by atoms with van der Waals surface area (Å²) in [6.07, 6.45) is 4.23. The smallest absolute Gasteiger partial charge is 0.239 e. The maximum absolute atomic E-state index is 12.9. The predicted octanol–water partition coefficient (Wildman–Crippen LogP) is 3.62. The summed E-state index contributed by atoms with van der Waals surface area (Å²) in [6, 6.07) is 8.77. The number of hydrogen-bond donors (Lipinski definition) is 2. The molecule has 3 aromatic rings. The summed E-state index contributed by atoms with van der Waals surface area (Å²) in [7, 11) is -3.65. The van der Waals surface area contributed by atoms with Crippen molar-refractivity contribution in [1.82, 2.24) is 10.4 Å². The standard InChI is InChI=1S/C20H20FN3O3S2/c21-14-6-8-15(9-7-14)29(26,27)12-11-18(25)23-24-20-22-19-16-4-2-1-3-13(16)5-10-17(19)28-20/h5-10H,1-4,11-12H2,(H,22,24)(H,23,25). The molecule has 0 radical (unpaired) electrons. The van der Waals surface area contributed by atoms with E-state index in [1.807, 2.05) is 0 Å². The summed E-state index contributed by atoms with van der Waals surface area (Å²) in [6.45, 7) is 0. The van der Waals surface area contributed by atoms with E-state index in [9.17, 15) is 17.6 Å². The Bertz CT molecular complexity index is 1160. The molecule has 1 amide bonds. The normalized spacial score (nSPS) is 13.8. The first-order chi connectivity index (χ1) is 13.9. The molecule has 9 heteroatoms. The summed E-state index contributed by atoms with van der Waals surface area (Å²) in [5.41, 5.74) is 8.90. The molecule has 0 aliphatic heterocycles. The van der Waals surface area contributed by atoms with Crippen LogP contribution in [0.25, 0.3) is 10.2 Å². The molecule has 2 aromatic carbocycles. The van der Waals surface area contributed by atoms with Gasteiger partial charge in [-0.15, -0.1) is 0 Å². The van der Waals surface area contributed by atoms with Crippen molar-refractivity contribution in [2.24, 2.45) is 0 Å². The first-order valence-electron chi connectivity index (χ1n) is 9.37. The lowest BCUT2D eigenvalue weighted by atomic mass is 9.91. The Balaban J connectivity index is 1.36. The first kappa shape index (κ1) is 19.8. The Morgan fingerprint density at radius 2 is 1.86 bits per heavy atom. The quantitative estimate of drug-likeness (QED) is 0.458. The molecule has 0 saturated carbocycles. The van der Waals surface area contributed by atoms with Gasteiger partial charge in [-0.1, -0.05) is 17.4 Å². The minimum atomic E-state index is -3.65. The number of thiazole rings is 1. The lowest BCUT2D eigenvalue weighted by Crippen LogP contribution is -2.30. The van der Waals surface area contributed by atoms with Gasteiger partial charge in [0.15, 0.2) is 9.84 Å². The molecule has 0 fully saturated rings. The number of benzene rings is 2. The first-order valence-corrected chi connectivity index (χ1v) is 11.8. The van der Waals surface area contributed by atoms with E-state index in [1.54, 1.807) is 0 Å². The van der Waals surface area contributed by atoms with Crippen LogP contribution in [0, 0.1) is 5.82 Å². The Hall–Kier alpha value is -2.52. The summed E-state index contributed by atoms with van der Waals surface area (Å²) >= 11 is 1.44. The van der Waals surface area contributed by atoms with E-state index >= 15 is 0 Å². The second kappa shape index (κ2) is 8.08. The molecule has 0 unspecified atom stereocenters. The van der Waals surface area contributed by atoms with E-state index in [0.717, 1.165) is 41.6 Å². The number of halogens is 1. The molecule has 1 aliphatic carbocycles. The number of fused-ring (bicyclic) bond motifs is 3. The number of carbonyl (C=O) groups excluding carboxylic acids is 1. The Labute approximate surface area is 172 Å². The van der Waals surface area contributed by atoms with Crippen LogP contribution in [0.3, 0.4) is 0 Å². The highest BCUT2D eigenvalue weighted by molar-refractivity contribution is 7.91. The maximum Gasteiger partial charge on any atom is 0.239 e. The molecule has 152 valence electrons. The van der Waals surface area contributed by atoms with E-state index in [0.29, 0.717) is 5.13 Å². The van der Waals surface area contributed by atoms with E-state index in [1.165, 1.54) is 41.0 Å². The van der Waals surface area contributed by atoms with E-state index in [4.69, 9.17) is 0 Å². The number of rotatable bonds is 6. The van der Waals surface area contributed by atoms with Gasteiger partial charge in [-0.3, -0.25) is 15.6 Å². The number of amides is 1. The second-order valence-corrected chi connectivity index (χ2v) is 10.1. The van der Waals surface area contributed by atoms with Crippen LogP contribution in [-0.4, -0.2) is 25.1 Å². The van der Waals surface area contributed by atoms with Crippen LogP contribution in [0.4, 0.5) is 9.52 Å². The number of hydrogen-bond acceptors (Lipinski definition) is 6. The van der Waals surface area contributed by atoms with Gasteiger partial charge in [0.05, 0.1) is 20.9 Å². The minimum absolute atomic E-state index is 0.00407. The van der Waals surface area contributed by atoms with Crippen LogP contribution in [0.1, 0.15) is 30.4 Å². The Morgan fingerprint density at radius 1 is 1.10 bits per heavy atom. The molecule has 2 N–H and O–H groups in total. The molecule has 0 spiro atoms. The number of hydrazine groups is 1. The number of sulfone groups is 1. The van der Waals surface area contributed by atoms with E-state index in [-0.39, 0.29) is 17.1 Å².